The Morgan fingerprint density at radius 1 is 1.13 bits per heavy atom. The van der Waals surface area contributed by atoms with Gasteiger partial charge in [-0.15, -0.1) is 11.3 Å². The highest BCUT2D eigenvalue weighted by Crippen LogP contribution is 2.46. The number of piperazine rings is 1. The number of hydrogen-bond donors (Lipinski definition) is 1. The van der Waals surface area contributed by atoms with Gasteiger partial charge in [-0.25, -0.2) is 4.98 Å². The van der Waals surface area contributed by atoms with Crippen molar-refractivity contribution in [1.29, 1.82) is 0 Å². The largest absolute Gasteiger partial charge is 0.448 e. The molecule has 3 aliphatic rings. The Hall–Kier alpha value is -2.32. The Labute approximate surface area is 181 Å². The molecule has 1 saturated heterocycles. The van der Waals surface area contributed by atoms with Gasteiger partial charge in [-0.1, -0.05) is 6.42 Å². The van der Waals surface area contributed by atoms with Gasteiger partial charge in [-0.3, -0.25) is 9.69 Å². The molecule has 8 heteroatoms. The molecule has 1 aromatic heterocycles. The molecule has 0 radical (unpaired) electrons. The fourth-order valence-corrected chi connectivity index (χ4v) is 5.31. The van der Waals surface area contributed by atoms with Crippen molar-refractivity contribution in [2.45, 2.75) is 44.8 Å². The Morgan fingerprint density at radius 2 is 1.90 bits per heavy atom. The van der Waals surface area contributed by atoms with Gasteiger partial charge in [-0.2, -0.15) is 0 Å². The first kappa shape index (κ1) is 19.6. The van der Waals surface area contributed by atoms with Crippen LogP contribution < -0.4 is 19.7 Å². The lowest BCUT2D eigenvalue weighted by molar-refractivity contribution is -0.117. The number of anilines is 2. The maximum atomic E-state index is 12.6. The van der Waals surface area contributed by atoms with Gasteiger partial charge in [0, 0.05) is 56.2 Å². The number of nitrogens with one attached hydrogen (secondary N) is 1. The van der Waals surface area contributed by atoms with E-state index in [0.717, 1.165) is 79.9 Å². The van der Waals surface area contributed by atoms with Crippen LogP contribution in [0.2, 0.25) is 0 Å². The summed E-state index contributed by atoms with van der Waals surface area (Å²) in [6.07, 6.45) is 5.36. The average Bonchev–Trinajstić information content (AvgIpc) is 3.32. The Kier molecular flexibility index (Phi) is 5.28. The van der Waals surface area contributed by atoms with Gasteiger partial charge in [0.1, 0.15) is 0 Å². The highest BCUT2D eigenvalue weighted by atomic mass is 32.1. The van der Waals surface area contributed by atoms with Crippen molar-refractivity contribution < 1.29 is 14.3 Å². The molecule has 30 heavy (non-hydrogen) atoms. The number of thiazole rings is 1. The monoisotopic (exact) mass is 428 g/mol. The summed E-state index contributed by atoms with van der Waals surface area (Å²) in [4.78, 5) is 21.6. The standard InChI is InChI=1S/C22H28N4O3S/c1-16-15-30-21(23-16)26-11-9-25(10-12-26)14-20(27)24-17-5-6-18-19(13-17)29-22(28-18)7-3-2-4-8-22/h5-6,13,15H,2-4,7-12,14H2,1H3,(H,24,27). The summed E-state index contributed by atoms with van der Waals surface area (Å²) in [5.74, 6) is 1.03. The van der Waals surface area contributed by atoms with Crippen molar-refractivity contribution in [2.75, 3.05) is 42.9 Å². The molecule has 2 aliphatic heterocycles. The lowest BCUT2D eigenvalue weighted by atomic mass is 9.94. The Balaban J connectivity index is 1.13. The van der Waals surface area contributed by atoms with Gasteiger partial charge in [0.2, 0.25) is 5.91 Å². The summed E-state index contributed by atoms with van der Waals surface area (Å²) in [5, 5.41) is 6.17. The fourth-order valence-electron chi connectivity index (χ4n) is 4.45. The zero-order valence-corrected chi connectivity index (χ0v) is 18.2. The van der Waals surface area contributed by atoms with Crippen molar-refractivity contribution in [2.24, 2.45) is 0 Å². The molecule has 0 bridgehead atoms. The zero-order chi connectivity index (χ0) is 20.6. The van der Waals surface area contributed by atoms with Gasteiger partial charge in [0.15, 0.2) is 16.6 Å². The number of carbonyl (C=O) groups excluding carboxylic acids is 1. The average molecular weight is 429 g/mol. The van der Waals surface area contributed by atoms with Crippen LogP contribution in [0.1, 0.15) is 37.8 Å². The maximum Gasteiger partial charge on any atom is 0.251 e. The van der Waals surface area contributed by atoms with Crippen LogP contribution in [0.15, 0.2) is 23.6 Å². The second-order valence-electron chi connectivity index (χ2n) is 8.42. The summed E-state index contributed by atoms with van der Waals surface area (Å²) in [5.41, 5.74) is 1.82. The third-order valence-corrected chi connectivity index (χ3v) is 7.07. The van der Waals surface area contributed by atoms with Crippen LogP contribution in [0, 0.1) is 6.92 Å². The second-order valence-corrected chi connectivity index (χ2v) is 9.26. The predicted octanol–water partition coefficient (Wildman–Crippen LogP) is 3.64. The van der Waals surface area contributed by atoms with E-state index in [2.05, 4.69) is 25.5 Å². The summed E-state index contributed by atoms with van der Waals surface area (Å²) in [6.45, 7) is 5.92. The smallest absolute Gasteiger partial charge is 0.251 e. The summed E-state index contributed by atoms with van der Waals surface area (Å²) >= 11 is 1.69. The van der Waals surface area contributed by atoms with Crippen molar-refractivity contribution in [3.8, 4) is 11.5 Å². The summed E-state index contributed by atoms with van der Waals surface area (Å²) in [7, 11) is 0. The minimum absolute atomic E-state index is 0.000196. The van der Waals surface area contributed by atoms with E-state index >= 15 is 0 Å². The highest BCUT2D eigenvalue weighted by molar-refractivity contribution is 7.13. The molecule has 7 nitrogen and oxygen atoms in total. The van der Waals surface area contributed by atoms with Crippen LogP contribution in [-0.4, -0.2) is 54.3 Å². The van der Waals surface area contributed by atoms with E-state index < -0.39 is 5.79 Å². The molecule has 1 spiro atoms. The van der Waals surface area contributed by atoms with E-state index in [1.165, 1.54) is 6.42 Å². The number of hydrogen-bond acceptors (Lipinski definition) is 7. The summed E-state index contributed by atoms with van der Waals surface area (Å²) < 4.78 is 12.3. The van der Waals surface area contributed by atoms with Gasteiger partial charge in [0.25, 0.3) is 5.79 Å². The SMILES string of the molecule is Cc1csc(N2CCN(CC(=O)Nc3ccc4c(c3)OC3(CCCCC3)O4)CC2)n1. The molecule has 5 rings (SSSR count). The number of ether oxygens (including phenoxy) is 2. The molecule has 160 valence electrons. The van der Waals surface area contributed by atoms with Crippen molar-refractivity contribution in [3.05, 3.63) is 29.3 Å². The maximum absolute atomic E-state index is 12.6. The number of fused-ring (bicyclic) bond motifs is 1. The van der Waals surface area contributed by atoms with Gasteiger partial charge in [0.05, 0.1) is 12.2 Å². The van der Waals surface area contributed by atoms with Crippen LogP contribution in [0.3, 0.4) is 0 Å². The van der Waals surface area contributed by atoms with E-state index in [0.29, 0.717) is 6.54 Å². The highest BCUT2D eigenvalue weighted by Gasteiger charge is 2.42. The molecule has 1 aliphatic carbocycles. The molecular weight excluding hydrogens is 400 g/mol. The Morgan fingerprint density at radius 3 is 2.63 bits per heavy atom. The normalized spacial score (nSPS) is 20.5. The Bertz CT molecular complexity index is 917. The van der Waals surface area contributed by atoms with E-state index in [-0.39, 0.29) is 5.91 Å². The van der Waals surface area contributed by atoms with Gasteiger partial charge in [-0.05, 0) is 31.9 Å². The van der Waals surface area contributed by atoms with Crippen LogP contribution in [0.25, 0.3) is 0 Å². The number of carbonyl (C=O) groups is 1. The number of nitrogens with zero attached hydrogens (tertiary/aromatic N) is 3. The second kappa shape index (κ2) is 8.07. The van der Waals surface area contributed by atoms with Gasteiger partial charge < -0.3 is 19.7 Å². The van der Waals surface area contributed by atoms with Crippen molar-refractivity contribution in [3.63, 3.8) is 0 Å². The first-order chi connectivity index (χ1) is 14.6. The fraction of sp³-hybridized carbons (Fsp3) is 0.545. The lowest BCUT2D eigenvalue weighted by Gasteiger charge is -2.34. The van der Waals surface area contributed by atoms with E-state index in [1.54, 1.807) is 11.3 Å². The third kappa shape index (κ3) is 4.11. The quantitative estimate of drug-likeness (QED) is 0.802. The van der Waals surface area contributed by atoms with Crippen LogP contribution in [-0.2, 0) is 4.79 Å². The molecule has 1 aromatic carbocycles. The molecule has 3 heterocycles. The number of aryl methyl sites for hydroxylation is 1. The minimum Gasteiger partial charge on any atom is -0.448 e. The van der Waals surface area contributed by atoms with Gasteiger partial charge >= 0.3 is 0 Å². The topological polar surface area (TPSA) is 66.9 Å². The first-order valence-electron chi connectivity index (χ1n) is 10.8. The molecule has 2 aromatic rings. The zero-order valence-electron chi connectivity index (χ0n) is 17.4. The predicted molar refractivity (Wildman–Crippen MR) is 118 cm³/mol. The minimum atomic E-state index is -0.487. The molecule has 0 atom stereocenters. The lowest BCUT2D eigenvalue weighted by Crippen LogP contribution is -2.48. The number of benzene rings is 1. The number of amides is 1. The molecule has 2 fully saturated rings. The van der Waals surface area contributed by atoms with E-state index in [1.807, 2.05) is 25.1 Å². The van der Waals surface area contributed by atoms with Crippen LogP contribution >= 0.6 is 11.3 Å². The summed E-state index contributed by atoms with van der Waals surface area (Å²) in [6, 6.07) is 5.69. The molecule has 0 unspecified atom stereocenters. The molecular formula is C22H28N4O3S. The third-order valence-electron chi connectivity index (χ3n) is 6.05. The molecule has 1 saturated carbocycles. The molecule has 1 N–H and O–H groups in total. The number of aromatic nitrogens is 1. The first-order valence-corrected chi connectivity index (χ1v) is 11.7. The van der Waals surface area contributed by atoms with E-state index in [9.17, 15) is 4.79 Å². The van der Waals surface area contributed by atoms with Crippen LogP contribution in [0.4, 0.5) is 10.8 Å². The number of rotatable bonds is 4. The van der Waals surface area contributed by atoms with E-state index in [4.69, 9.17) is 9.47 Å². The van der Waals surface area contributed by atoms with Crippen molar-refractivity contribution >= 4 is 28.1 Å². The van der Waals surface area contributed by atoms with Crippen LogP contribution in [0.5, 0.6) is 11.5 Å². The molecule has 1 amide bonds. The van der Waals surface area contributed by atoms with Crippen molar-refractivity contribution in [1.82, 2.24) is 9.88 Å².